The highest BCUT2D eigenvalue weighted by atomic mass is 31.1. The summed E-state index contributed by atoms with van der Waals surface area (Å²) in [5.41, 5.74) is 0.553. The topological polar surface area (TPSA) is 20.2 Å². The number of hydrogen-bond acceptors (Lipinski definition) is 1. The molecule has 0 saturated heterocycles. The molecule has 0 saturated carbocycles. The van der Waals surface area contributed by atoms with Gasteiger partial charge in [-0.3, -0.25) is 0 Å². The molecule has 1 N–H and O–H groups in total. The van der Waals surface area contributed by atoms with Crippen molar-refractivity contribution in [3.8, 4) is 0 Å². The molecular weight excluding hydrogens is 227 g/mol. The van der Waals surface area contributed by atoms with Crippen molar-refractivity contribution in [1.82, 2.24) is 0 Å². The molecule has 2 heteroatoms. The lowest BCUT2D eigenvalue weighted by atomic mass is 9.72. The average molecular weight is 260 g/mol. The third-order valence-electron chi connectivity index (χ3n) is 3.95. The van der Waals surface area contributed by atoms with Gasteiger partial charge < -0.3 is 4.89 Å². The summed E-state index contributed by atoms with van der Waals surface area (Å²) in [6.45, 7) is 6.87. The Labute approximate surface area is 111 Å². The van der Waals surface area contributed by atoms with E-state index in [2.05, 4.69) is 20.8 Å². The second kappa shape index (κ2) is 11.5. The van der Waals surface area contributed by atoms with E-state index in [1.165, 1.54) is 64.2 Å². The van der Waals surface area contributed by atoms with Crippen LogP contribution in [0.15, 0.2) is 0 Å². The van der Waals surface area contributed by atoms with Crippen LogP contribution in [0.4, 0.5) is 0 Å². The first-order chi connectivity index (χ1) is 8.24. The maximum absolute atomic E-state index is 9.13. The zero-order chi connectivity index (χ0) is 13.0. The standard InChI is InChI=1S/C15H33OP/c1-4-7-10-15(11-8-5-2,12-9-6-3)13-14-17-16/h16-17H,4-14H2,1-3H3. The zero-order valence-corrected chi connectivity index (χ0v) is 13.2. The Morgan fingerprint density at radius 2 is 1.18 bits per heavy atom. The Balaban J connectivity index is 4.39. The molecule has 0 bridgehead atoms. The first kappa shape index (κ1) is 17.4. The summed E-state index contributed by atoms with van der Waals surface area (Å²) in [6.07, 6.45) is 14.4. The number of hydrogen-bond donors (Lipinski definition) is 1. The summed E-state index contributed by atoms with van der Waals surface area (Å²) < 4.78 is 0. The smallest absolute Gasteiger partial charge is 0.0107 e. The van der Waals surface area contributed by atoms with Crippen molar-refractivity contribution in [3.05, 3.63) is 0 Å². The summed E-state index contributed by atoms with van der Waals surface area (Å²) in [7, 11) is 0.147. The summed E-state index contributed by atoms with van der Waals surface area (Å²) in [6, 6.07) is 0. The highest BCUT2D eigenvalue weighted by Gasteiger charge is 2.27. The Morgan fingerprint density at radius 1 is 0.765 bits per heavy atom. The van der Waals surface area contributed by atoms with E-state index in [4.69, 9.17) is 4.89 Å². The van der Waals surface area contributed by atoms with Crippen LogP contribution in [0.3, 0.4) is 0 Å². The predicted octanol–water partition coefficient (Wildman–Crippen LogP) is 5.52. The van der Waals surface area contributed by atoms with Crippen LogP contribution in [0.1, 0.15) is 85.0 Å². The molecule has 0 aliphatic carbocycles. The Morgan fingerprint density at radius 3 is 1.47 bits per heavy atom. The van der Waals surface area contributed by atoms with Gasteiger partial charge in [-0.2, -0.15) is 0 Å². The lowest BCUT2D eigenvalue weighted by Gasteiger charge is -2.34. The van der Waals surface area contributed by atoms with Crippen molar-refractivity contribution in [2.45, 2.75) is 85.0 Å². The van der Waals surface area contributed by atoms with E-state index < -0.39 is 0 Å². The molecule has 104 valence electrons. The average Bonchev–Trinajstić information content (AvgIpc) is 2.37. The van der Waals surface area contributed by atoms with E-state index in [1.807, 2.05) is 0 Å². The molecule has 0 heterocycles. The van der Waals surface area contributed by atoms with Gasteiger partial charge in [0.25, 0.3) is 0 Å². The number of rotatable bonds is 12. The minimum absolute atomic E-state index is 0.147. The van der Waals surface area contributed by atoms with E-state index in [-0.39, 0.29) is 8.81 Å². The van der Waals surface area contributed by atoms with Crippen molar-refractivity contribution in [2.75, 3.05) is 6.16 Å². The zero-order valence-electron chi connectivity index (χ0n) is 12.2. The second-order valence-corrected chi connectivity index (χ2v) is 6.29. The SMILES string of the molecule is CCCCC(CCCC)(CCCC)CCPO. The Kier molecular flexibility index (Phi) is 11.7. The highest BCUT2D eigenvalue weighted by Crippen LogP contribution is 2.41. The highest BCUT2D eigenvalue weighted by molar-refractivity contribution is 7.31. The van der Waals surface area contributed by atoms with Gasteiger partial charge in [-0.25, -0.2) is 0 Å². The van der Waals surface area contributed by atoms with E-state index in [1.54, 1.807) is 0 Å². The quantitative estimate of drug-likeness (QED) is 0.458. The van der Waals surface area contributed by atoms with Crippen LogP contribution in [0.2, 0.25) is 0 Å². The second-order valence-electron chi connectivity index (χ2n) is 5.47. The molecule has 1 nitrogen and oxygen atoms in total. The first-order valence-corrected chi connectivity index (χ1v) is 8.77. The monoisotopic (exact) mass is 260 g/mol. The van der Waals surface area contributed by atoms with E-state index in [0.717, 1.165) is 6.16 Å². The molecule has 17 heavy (non-hydrogen) atoms. The van der Waals surface area contributed by atoms with Crippen molar-refractivity contribution in [1.29, 1.82) is 0 Å². The van der Waals surface area contributed by atoms with Gasteiger partial charge >= 0.3 is 0 Å². The Bertz CT molecular complexity index is 121. The molecule has 1 atom stereocenters. The summed E-state index contributed by atoms with van der Waals surface area (Å²) >= 11 is 0. The van der Waals surface area contributed by atoms with E-state index >= 15 is 0 Å². The molecule has 0 radical (unpaired) electrons. The first-order valence-electron chi connectivity index (χ1n) is 7.61. The molecular formula is C15H33OP. The van der Waals surface area contributed by atoms with Gasteiger partial charge in [-0.15, -0.1) is 0 Å². The lowest BCUT2D eigenvalue weighted by Crippen LogP contribution is -2.22. The molecule has 0 spiro atoms. The molecule has 0 aliphatic heterocycles. The van der Waals surface area contributed by atoms with Gasteiger partial charge in [-0.1, -0.05) is 59.3 Å². The molecule has 0 amide bonds. The maximum atomic E-state index is 9.13. The van der Waals surface area contributed by atoms with Crippen LogP contribution >= 0.6 is 8.81 Å². The number of unbranched alkanes of at least 4 members (excludes halogenated alkanes) is 3. The van der Waals surface area contributed by atoms with Gasteiger partial charge in [0.05, 0.1) is 0 Å². The van der Waals surface area contributed by atoms with Gasteiger partial charge in [-0.05, 0) is 37.3 Å². The van der Waals surface area contributed by atoms with Gasteiger partial charge in [0.15, 0.2) is 0 Å². The molecule has 0 aliphatic rings. The van der Waals surface area contributed by atoms with Crippen molar-refractivity contribution in [3.63, 3.8) is 0 Å². The van der Waals surface area contributed by atoms with Gasteiger partial charge in [0.2, 0.25) is 0 Å². The molecule has 0 fully saturated rings. The molecule has 0 aromatic heterocycles. The maximum Gasteiger partial charge on any atom is 0.0107 e. The minimum Gasteiger partial charge on any atom is -0.377 e. The van der Waals surface area contributed by atoms with Crippen LogP contribution < -0.4 is 0 Å². The third kappa shape index (κ3) is 8.16. The largest absolute Gasteiger partial charge is 0.377 e. The molecule has 0 rings (SSSR count). The van der Waals surface area contributed by atoms with Crippen molar-refractivity contribution in [2.24, 2.45) is 5.41 Å². The summed E-state index contributed by atoms with van der Waals surface area (Å²) in [4.78, 5) is 9.13. The third-order valence-corrected chi connectivity index (χ3v) is 4.42. The van der Waals surface area contributed by atoms with E-state index in [9.17, 15) is 0 Å². The van der Waals surface area contributed by atoms with Gasteiger partial charge in [0.1, 0.15) is 0 Å². The summed E-state index contributed by atoms with van der Waals surface area (Å²) in [5, 5.41) is 0. The molecule has 1 unspecified atom stereocenters. The molecule has 0 aromatic carbocycles. The minimum atomic E-state index is 0.147. The van der Waals surface area contributed by atoms with Crippen molar-refractivity contribution >= 4 is 8.81 Å². The fourth-order valence-electron chi connectivity index (χ4n) is 2.73. The van der Waals surface area contributed by atoms with Crippen molar-refractivity contribution < 1.29 is 4.89 Å². The van der Waals surface area contributed by atoms with Gasteiger partial charge in [0, 0.05) is 8.81 Å². The van der Waals surface area contributed by atoms with Crippen LogP contribution in [-0.4, -0.2) is 11.1 Å². The van der Waals surface area contributed by atoms with Crippen LogP contribution in [0.5, 0.6) is 0 Å². The van der Waals surface area contributed by atoms with Crippen LogP contribution in [0.25, 0.3) is 0 Å². The summed E-state index contributed by atoms with van der Waals surface area (Å²) in [5.74, 6) is 0. The fourth-order valence-corrected chi connectivity index (χ4v) is 3.37. The Hall–Kier alpha value is 0.390. The lowest BCUT2D eigenvalue weighted by molar-refractivity contribution is 0.192. The predicted molar refractivity (Wildman–Crippen MR) is 81.0 cm³/mol. The van der Waals surface area contributed by atoms with Crippen LogP contribution in [-0.2, 0) is 0 Å². The van der Waals surface area contributed by atoms with Crippen LogP contribution in [0, 0.1) is 5.41 Å². The fraction of sp³-hybridized carbons (Fsp3) is 1.00. The molecule has 0 aromatic rings. The normalized spacial score (nSPS) is 12.7. The van der Waals surface area contributed by atoms with E-state index in [0.29, 0.717) is 5.41 Å².